The molecule has 0 aliphatic carbocycles. The minimum Gasteiger partial charge on any atom is -0.493 e. The van der Waals surface area contributed by atoms with Crippen LogP contribution in [0.1, 0.15) is 18.1 Å². The van der Waals surface area contributed by atoms with E-state index in [1.54, 1.807) is 7.11 Å². The van der Waals surface area contributed by atoms with Crippen molar-refractivity contribution < 1.29 is 9.47 Å². The topological polar surface area (TPSA) is 30.5 Å². The van der Waals surface area contributed by atoms with Crippen molar-refractivity contribution in [2.24, 2.45) is 0 Å². The average molecular weight is 244 g/mol. The van der Waals surface area contributed by atoms with Crippen molar-refractivity contribution in [3.05, 3.63) is 23.3 Å². The van der Waals surface area contributed by atoms with E-state index in [1.165, 1.54) is 11.1 Å². The molecule has 1 heterocycles. The summed E-state index contributed by atoms with van der Waals surface area (Å²) in [6, 6.07) is 4.10. The number of nitrogens with one attached hydrogen (secondary N) is 1. The molecule has 1 N–H and O–H groups in total. The number of halogens is 1. The van der Waals surface area contributed by atoms with Crippen LogP contribution in [0.4, 0.5) is 0 Å². The summed E-state index contributed by atoms with van der Waals surface area (Å²) in [5.74, 6) is 1.77. The van der Waals surface area contributed by atoms with Crippen LogP contribution in [0.25, 0.3) is 0 Å². The Bertz CT molecular complexity index is 355. The molecule has 1 aromatic carbocycles. The van der Waals surface area contributed by atoms with Crippen molar-refractivity contribution in [3.63, 3.8) is 0 Å². The molecule has 0 spiro atoms. The van der Waals surface area contributed by atoms with E-state index in [4.69, 9.17) is 9.47 Å². The zero-order valence-corrected chi connectivity index (χ0v) is 10.5. The van der Waals surface area contributed by atoms with Gasteiger partial charge in [0, 0.05) is 12.1 Å². The molecule has 0 bridgehead atoms. The normalized spacial score (nSPS) is 13.6. The maximum Gasteiger partial charge on any atom is 0.164 e. The molecule has 90 valence electrons. The van der Waals surface area contributed by atoms with Gasteiger partial charge in [-0.3, -0.25) is 0 Å². The summed E-state index contributed by atoms with van der Waals surface area (Å²) in [4.78, 5) is 0. The first-order valence-corrected chi connectivity index (χ1v) is 5.39. The molecule has 0 fully saturated rings. The molecule has 0 amide bonds. The van der Waals surface area contributed by atoms with Gasteiger partial charge in [-0.15, -0.1) is 12.4 Å². The van der Waals surface area contributed by atoms with Gasteiger partial charge in [-0.2, -0.15) is 0 Å². The predicted molar refractivity (Wildman–Crippen MR) is 66.8 cm³/mol. The van der Waals surface area contributed by atoms with Crippen LogP contribution in [0.3, 0.4) is 0 Å². The highest BCUT2D eigenvalue weighted by atomic mass is 35.5. The van der Waals surface area contributed by atoms with Gasteiger partial charge >= 0.3 is 0 Å². The Labute approximate surface area is 103 Å². The zero-order chi connectivity index (χ0) is 10.7. The summed E-state index contributed by atoms with van der Waals surface area (Å²) in [7, 11) is 1.69. The van der Waals surface area contributed by atoms with E-state index in [9.17, 15) is 0 Å². The Hall–Kier alpha value is -0.930. The third-order valence-electron chi connectivity index (χ3n) is 2.70. The van der Waals surface area contributed by atoms with Crippen molar-refractivity contribution in [2.75, 3.05) is 20.3 Å². The predicted octanol–water partition coefficient (Wildman–Crippen LogP) is 2.16. The Kier molecular flexibility index (Phi) is 4.90. The molecule has 1 aliphatic rings. The number of hydrogen-bond donors (Lipinski definition) is 1. The molecule has 0 saturated heterocycles. The molecule has 16 heavy (non-hydrogen) atoms. The molecule has 0 unspecified atom stereocenters. The molecule has 0 radical (unpaired) electrons. The first kappa shape index (κ1) is 13.1. The van der Waals surface area contributed by atoms with Crippen LogP contribution in [0.5, 0.6) is 11.5 Å². The standard InChI is InChI=1S/C12H17NO2.ClH/c1-3-15-12-10-6-7-13-8-9(10)4-5-11(12)14-2;/h4-5,13H,3,6-8H2,1-2H3;1H. The second-order valence-electron chi connectivity index (χ2n) is 3.59. The minimum atomic E-state index is 0. The minimum absolute atomic E-state index is 0. The third kappa shape index (κ3) is 2.42. The van der Waals surface area contributed by atoms with Crippen LogP contribution in [0, 0.1) is 0 Å². The zero-order valence-electron chi connectivity index (χ0n) is 9.71. The molecule has 2 rings (SSSR count). The van der Waals surface area contributed by atoms with E-state index in [2.05, 4.69) is 11.4 Å². The molecule has 0 saturated carbocycles. The third-order valence-corrected chi connectivity index (χ3v) is 2.70. The number of hydrogen-bond acceptors (Lipinski definition) is 3. The summed E-state index contributed by atoms with van der Waals surface area (Å²) < 4.78 is 11.0. The lowest BCUT2D eigenvalue weighted by Crippen LogP contribution is -2.24. The Morgan fingerprint density at radius 3 is 2.88 bits per heavy atom. The highest BCUT2D eigenvalue weighted by Gasteiger charge is 2.17. The maximum absolute atomic E-state index is 5.67. The van der Waals surface area contributed by atoms with Crippen LogP contribution in [0.2, 0.25) is 0 Å². The highest BCUT2D eigenvalue weighted by molar-refractivity contribution is 5.85. The fourth-order valence-electron chi connectivity index (χ4n) is 1.99. The van der Waals surface area contributed by atoms with Crippen molar-refractivity contribution in [1.82, 2.24) is 5.32 Å². The van der Waals surface area contributed by atoms with Crippen LogP contribution >= 0.6 is 12.4 Å². The lowest BCUT2D eigenvalue weighted by atomic mass is 9.99. The van der Waals surface area contributed by atoms with Crippen molar-refractivity contribution in [3.8, 4) is 11.5 Å². The van der Waals surface area contributed by atoms with E-state index >= 15 is 0 Å². The van der Waals surface area contributed by atoms with Gasteiger partial charge in [0.2, 0.25) is 0 Å². The lowest BCUT2D eigenvalue weighted by molar-refractivity contribution is 0.306. The second kappa shape index (κ2) is 5.97. The summed E-state index contributed by atoms with van der Waals surface area (Å²) in [5, 5.41) is 3.35. The maximum atomic E-state index is 5.67. The number of fused-ring (bicyclic) bond motifs is 1. The first-order chi connectivity index (χ1) is 7.36. The van der Waals surface area contributed by atoms with Gasteiger partial charge in [-0.25, -0.2) is 0 Å². The lowest BCUT2D eigenvalue weighted by Gasteiger charge is -2.21. The Morgan fingerprint density at radius 1 is 1.38 bits per heavy atom. The van der Waals surface area contributed by atoms with E-state index in [0.29, 0.717) is 6.61 Å². The van der Waals surface area contributed by atoms with Gasteiger partial charge in [-0.05, 0) is 31.5 Å². The van der Waals surface area contributed by atoms with Gasteiger partial charge in [-0.1, -0.05) is 6.07 Å². The van der Waals surface area contributed by atoms with E-state index < -0.39 is 0 Å². The van der Waals surface area contributed by atoms with Gasteiger partial charge in [0.05, 0.1) is 13.7 Å². The molecule has 1 aromatic rings. The van der Waals surface area contributed by atoms with Crippen LogP contribution in [-0.4, -0.2) is 20.3 Å². The summed E-state index contributed by atoms with van der Waals surface area (Å²) in [5.41, 5.74) is 2.63. The molecule has 0 aromatic heterocycles. The van der Waals surface area contributed by atoms with Crippen LogP contribution < -0.4 is 14.8 Å². The van der Waals surface area contributed by atoms with Crippen molar-refractivity contribution in [2.45, 2.75) is 19.9 Å². The number of methoxy groups -OCH3 is 1. The summed E-state index contributed by atoms with van der Waals surface area (Å²) >= 11 is 0. The van der Waals surface area contributed by atoms with E-state index in [1.807, 2.05) is 13.0 Å². The fourth-order valence-corrected chi connectivity index (χ4v) is 1.99. The molecule has 4 heteroatoms. The number of rotatable bonds is 3. The highest BCUT2D eigenvalue weighted by Crippen LogP contribution is 2.35. The van der Waals surface area contributed by atoms with Gasteiger partial charge in [0.25, 0.3) is 0 Å². The molecular formula is C12H18ClNO2. The van der Waals surface area contributed by atoms with Crippen LogP contribution in [0.15, 0.2) is 12.1 Å². The number of benzene rings is 1. The first-order valence-electron chi connectivity index (χ1n) is 5.39. The second-order valence-corrected chi connectivity index (χ2v) is 3.59. The smallest absolute Gasteiger partial charge is 0.164 e. The molecule has 3 nitrogen and oxygen atoms in total. The molecule has 1 aliphatic heterocycles. The monoisotopic (exact) mass is 243 g/mol. The average Bonchev–Trinajstić information content (AvgIpc) is 2.30. The van der Waals surface area contributed by atoms with Gasteiger partial charge in [0.1, 0.15) is 0 Å². The fraction of sp³-hybridized carbons (Fsp3) is 0.500. The van der Waals surface area contributed by atoms with Gasteiger partial charge in [0.15, 0.2) is 11.5 Å². The van der Waals surface area contributed by atoms with Gasteiger partial charge < -0.3 is 14.8 Å². The largest absolute Gasteiger partial charge is 0.493 e. The molecule has 0 atom stereocenters. The van der Waals surface area contributed by atoms with E-state index in [0.717, 1.165) is 31.0 Å². The summed E-state index contributed by atoms with van der Waals surface area (Å²) in [6.07, 6.45) is 1.02. The Morgan fingerprint density at radius 2 is 2.19 bits per heavy atom. The van der Waals surface area contributed by atoms with Crippen molar-refractivity contribution in [1.29, 1.82) is 0 Å². The Balaban J connectivity index is 0.00000128. The number of ether oxygens (including phenoxy) is 2. The summed E-state index contributed by atoms with van der Waals surface area (Å²) in [6.45, 7) is 4.62. The van der Waals surface area contributed by atoms with Crippen LogP contribution in [-0.2, 0) is 13.0 Å². The van der Waals surface area contributed by atoms with E-state index in [-0.39, 0.29) is 12.4 Å². The SMILES string of the molecule is CCOc1c(OC)ccc2c1CCNC2.Cl. The van der Waals surface area contributed by atoms with Crippen molar-refractivity contribution >= 4 is 12.4 Å². The molecular weight excluding hydrogens is 226 g/mol. The quantitative estimate of drug-likeness (QED) is 0.883.